The minimum Gasteiger partial charge on any atom is -0.462 e. The van der Waals surface area contributed by atoms with Crippen LogP contribution in [0.3, 0.4) is 0 Å². The number of allylic oxidation sites excluding steroid dienone is 12. The van der Waals surface area contributed by atoms with Crippen LogP contribution >= 0.6 is 0 Å². The Bertz CT molecular complexity index is 1440. The van der Waals surface area contributed by atoms with Gasteiger partial charge in [-0.2, -0.15) is 0 Å². The van der Waals surface area contributed by atoms with Crippen LogP contribution in [-0.2, 0) is 28.6 Å². The number of unbranched alkanes of at least 4 members (excludes halogenated alkanes) is 39. The van der Waals surface area contributed by atoms with E-state index in [2.05, 4.69) is 93.7 Å². The first-order valence-electron chi connectivity index (χ1n) is 33.9. The van der Waals surface area contributed by atoms with Crippen molar-refractivity contribution in [3.8, 4) is 0 Å². The van der Waals surface area contributed by atoms with Crippen molar-refractivity contribution in [3.63, 3.8) is 0 Å². The molecule has 0 spiro atoms. The molecule has 0 N–H and O–H groups in total. The summed E-state index contributed by atoms with van der Waals surface area (Å²) in [6.07, 6.45) is 86.4. The summed E-state index contributed by atoms with van der Waals surface area (Å²) < 4.78 is 16.9. The van der Waals surface area contributed by atoms with E-state index in [-0.39, 0.29) is 31.1 Å². The Kier molecular flexibility index (Phi) is 63.7. The average molecular weight is 1090 g/mol. The molecule has 0 amide bonds. The van der Waals surface area contributed by atoms with Crippen LogP contribution in [0.25, 0.3) is 0 Å². The average Bonchev–Trinajstić information content (AvgIpc) is 3.44. The summed E-state index contributed by atoms with van der Waals surface area (Å²) in [7, 11) is 0. The molecule has 78 heavy (non-hydrogen) atoms. The van der Waals surface area contributed by atoms with Crippen LogP contribution in [0.4, 0.5) is 0 Å². The zero-order valence-electron chi connectivity index (χ0n) is 51.9. The van der Waals surface area contributed by atoms with Gasteiger partial charge in [-0.05, 0) is 89.9 Å². The Morgan fingerprint density at radius 2 is 0.500 bits per heavy atom. The maximum absolute atomic E-state index is 12.9. The van der Waals surface area contributed by atoms with E-state index < -0.39 is 6.10 Å². The molecule has 0 aliphatic heterocycles. The van der Waals surface area contributed by atoms with Crippen LogP contribution in [0, 0.1) is 0 Å². The maximum atomic E-state index is 12.9. The highest BCUT2D eigenvalue weighted by Gasteiger charge is 2.19. The van der Waals surface area contributed by atoms with E-state index in [1.54, 1.807) is 0 Å². The highest BCUT2D eigenvalue weighted by molar-refractivity contribution is 5.71. The van der Waals surface area contributed by atoms with Gasteiger partial charge in [0.05, 0.1) is 0 Å². The van der Waals surface area contributed by atoms with Crippen LogP contribution in [0.15, 0.2) is 72.9 Å². The molecular weight excluding hydrogens is 961 g/mol. The van der Waals surface area contributed by atoms with Crippen molar-refractivity contribution in [2.24, 2.45) is 0 Å². The van der Waals surface area contributed by atoms with Gasteiger partial charge in [0.15, 0.2) is 6.10 Å². The Morgan fingerprint density at radius 3 is 0.808 bits per heavy atom. The Labute approximate surface area is 484 Å². The van der Waals surface area contributed by atoms with Gasteiger partial charge in [-0.3, -0.25) is 14.4 Å². The third kappa shape index (κ3) is 63.7. The minimum absolute atomic E-state index is 0.0837. The lowest BCUT2D eigenvalue weighted by atomic mass is 10.0. The van der Waals surface area contributed by atoms with Gasteiger partial charge in [0.1, 0.15) is 13.2 Å². The monoisotopic (exact) mass is 1090 g/mol. The second-order valence-corrected chi connectivity index (χ2v) is 22.7. The van der Waals surface area contributed by atoms with Gasteiger partial charge in [-0.1, -0.05) is 312 Å². The number of hydrogen-bond donors (Lipinski definition) is 0. The largest absolute Gasteiger partial charge is 0.462 e. The van der Waals surface area contributed by atoms with E-state index in [1.807, 2.05) is 0 Å². The molecule has 0 aliphatic carbocycles. The second kappa shape index (κ2) is 66.4. The predicted molar refractivity (Wildman–Crippen MR) is 339 cm³/mol. The molecule has 1 unspecified atom stereocenters. The van der Waals surface area contributed by atoms with Gasteiger partial charge in [-0.25, -0.2) is 0 Å². The van der Waals surface area contributed by atoms with Crippen molar-refractivity contribution in [3.05, 3.63) is 72.9 Å². The molecule has 1 atom stereocenters. The normalized spacial score (nSPS) is 12.5. The van der Waals surface area contributed by atoms with E-state index in [0.717, 1.165) is 122 Å². The third-order valence-corrected chi connectivity index (χ3v) is 14.9. The van der Waals surface area contributed by atoms with E-state index in [1.165, 1.54) is 186 Å². The van der Waals surface area contributed by atoms with Gasteiger partial charge in [0.2, 0.25) is 0 Å². The fraction of sp³-hybridized carbons (Fsp3) is 0.792. The molecule has 0 fully saturated rings. The van der Waals surface area contributed by atoms with E-state index in [9.17, 15) is 14.4 Å². The van der Waals surface area contributed by atoms with Gasteiger partial charge in [0.25, 0.3) is 0 Å². The Hall–Kier alpha value is -3.15. The predicted octanol–water partition coefficient (Wildman–Crippen LogP) is 23.3. The molecular formula is C72H128O6. The quantitative estimate of drug-likeness (QED) is 0.0261. The summed E-state index contributed by atoms with van der Waals surface area (Å²) in [6, 6.07) is 0. The molecule has 0 saturated heterocycles. The van der Waals surface area contributed by atoms with Crippen molar-refractivity contribution in [1.82, 2.24) is 0 Å². The first-order chi connectivity index (χ1) is 38.5. The third-order valence-electron chi connectivity index (χ3n) is 14.9. The van der Waals surface area contributed by atoms with Crippen molar-refractivity contribution in [2.45, 2.75) is 354 Å². The summed E-state index contributed by atoms with van der Waals surface area (Å²) in [6.45, 7) is 6.53. The molecule has 0 aromatic carbocycles. The van der Waals surface area contributed by atoms with Gasteiger partial charge in [-0.15, -0.1) is 0 Å². The highest BCUT2D eigenvalue weighted by Crippen LogP contribution is 2.18. The molecule has 0 radical (unpaired) electrons. The number of carbonyl (C=O) groups is 3. The molecule has 0 aromatic rings. The number of hydrogen-bond acceptors (Lipinski definition) is 6. The van der Waals surface area contributed by atoms with Crippen molar-refractivity contribution < 1.29 is 28.6 Å². The summed E-state index contributed by atoms with van der Waals surface area (Å²) >= 11 is 0. The van der Waals surface area contributed by atoms with Gasteiger partial charge < -0.3 is 14.2 Å². The molecule has 0 heterocycles. The number of rotatable bonds is 62. The topological polar surface area (TPSA) is 78.9 Å². The zero-order valence-corrected chi connectivity index (χ0v) is 51.9. The summed E-state index contributed by atoms with van der Waals surface area (Å²) in [5, 5.41) is 0. The lowest BCUT2D eigenvalue weighted by Crippen LogP contribution is -2.30. The molecule has 452 valence electrons. The maximum Gasteiger partial charge on any atom is 0.306 e. The number of carbonyl (C=O) groups excluding carboxylic acids is 3. The van der Waals surface area contributed by atoms with Gasteiger partial charge >= 0.3 is 17.9 Å². The Balaban J connectivity index is 4.30. The first-order valence-corrected chi connectivity index (χ1v) is 33.9. The number of esters is 3. The molecule has 6 heteroatoms. The molecule has 0 bridgehead atoms. The van der Waals surface area contributed by atoms with E-state index in [0.29, 0.717) is 19.3 Å². The lowest BCUT2D eigenvalue weighted by molar-refractivity contribution is -0.167. The zero-order chi connectivity index (χ0) is 56.4. The van der Waals surface area contributed by atoms with Crippen molar-refractivity contribution in [2.75, 3.05) is 13.2 Å². The number of ether oxygens (including phenoxy) is 3. The van der Waals surface area contributed by atoms with E-state index in [4.69, 9.17) is 14.2 Å². The lowest BCUT2D eigenvalue weighted by Gasteiger charge is -2.18. The molecule has 0 aliphatic rings. The molecule has 0 rings (SSSR count). The summed E-state index contributed by atoms with van der Waals surface area (Å²) in [4.78, 5) is 38.4. The standard InChI is InChI=1S/C72H128O6/c1-4-7-10-13-16-19-22-25-28-30-32-33-34-35-36-37-38-40-41-44-47-50-53-56-59-62-65-71(74)77-68-69(67-76-70(73)64-61-58-55-52-49-46-43-27-24-21-18-15-12-9-6-3)78-72(75)66-63-60-57-54-51-48-45-42-39-31-29-26-23-20-17-14-11-8-5-2/h9,12,17-18,20-21,26-27,29,39,42-43,69H,4-8,10-11,13-16,19,22-25,28,30-38,40-41,44-68H2,1-3H3/b12-9-,20-17-,21-18-,29-26-,42-39-,43-27-. The minimum atomic E-state index is -0.790. The molecule has 6 nitrogen and oxygen atoms in total. The van der Waals surface area contributed by atoms with Crippen LogP contribution in [-0.4, -0.2) is 37.2 Å². The smallest absolute Gasteiger partial charge is 0.306 e. The van der Waals surface area contributed by atoms with Crippen LogP contribution in [0.1, 0.15) is 348 Å². The first kappa shape index (κ1) is 74.8. The fourth-order valence-electron chi connectivity index (χ4n) is 9.88. The fourth-order valence-corrected chi connectivity index (χ4v) is 9.88. The van der Waals surface area contributed by atoms with Crippen LogP contribution in [0.2, 0.25) is 0 Å². The SMILES string of the molecule is CC/C=C\C/C=C\C/C=C\CCCCCCCC(=O)OCC(COC(=O)CCCCCCCCCCCCCCCCCCCCCCCCCCCC)OC(=O)CCCCCCCC/C=C\C/C=C\C/C=C\CCCCC. The molecule has 0 aromatic heterocycles. The second-order valence-electron chi connectivity index (χ2n) is 22.7. The van der Waals surface area contributed by atoms with Crippen LogP contribution < -0.4 is 0 Å². The summed E-state index contributed by atoms with van der Waals surface area (Å²) in [5.41, 5.74) is 0. The van der Waals surface area contributed by atoms with Crippen LogP contribution in [0.5, 0.6) is 0 Å². The van der Waals surface area contributed by atoms with E-state index >= 15 is 0 Å². The summed E-state index contributed by atoms with van der Waals surface area (Å²) in [5.74, 6) is -0.896. The highest BCUT2D eigenvalue weighted by atomic mass is 16.6. The van der Waals surface area contributed by atoms with Gasteiger partial charge in [0, 0.05) is 19.3 Å². The Morgan fingerprint density at radius 1 is 0.269 bits per heavy atom. The molecule has 0 saturated carbocycles. The van der Waals surface area contributed by atoms with Crippen molar-refractivity contribution in [1.29, 1.82) is 0 Å². The van der Waals surface area contributed by atoms with Crippen molar-refractivity contribution >= 4 is 17.9 Å².